The van der Waals surface area contributed by atoms with Crippen LogP contribution in [0.3, 0.4) is 0 Å². The Morgan fingerprint density at radius 2 is 2.10 bits per heavy atom. The summed E-state index contributed by atoms with van der Waals surface area (Å²) in [7, 11) is -2.46. The van der Waals surface area contributed by atoms with Crippen LogP contribution in [0.25, 0.3) is 0 Å². The van der Waals surface area contributed by atoms with E-state index in [2.05, 4.69) is 5.32 Å². The molecule has 0 heterocycles. The van der Waals surface area contributed by atoms with Gasteiger partial charge in [-0.15, -0.1) is 0 Å². The van der Waals surface area contributed by atoms with Crippen LogP contribution >= 0.6 is 0 Å². The van der Waals surface area contributed by atoms with Gasteiger partial charge < -0.3 is 10.4 Å². The summed E-state index contributed by atoms with van der Waals surface area (Å²) in [4.78, 5) is 0. The van der Waals surface area contributed by atoms with Gasteiger partial charge in [-0.25, -0.2) is 0 Å². The van der Waals surface area contributed by atoms with Crippen LogP contribution in [-0.2, 0) is 10.1 Å². The predicted molar refractivity (Wildman–Crippen MR) is 36.3 cm³/mol. The molecule has 0 bridgehead atoms. The lowest BCUT2D eigenvalue weighted by Gasteiger charge is -2.05. The van der Waals surface area contributed by atoms with Gasteiger partial charge in [-0.1, -0.05) is 0 Å². The van der Waals surface area contributed by atoms with Crippen LogP contribution in [0, 0.1) is 0 Å². The molecule has 0 aromatic carbocycles. The number of hydrogen-bond donors (Lipinski definition) is 3. The summed E-state index contributed by atoms with van der Waals surface area (Å²) in [5, 5.41) is 11.3. The highest BCUT2D eigenvalue weighted by Gasteiger charge is 2.12. The Bertz CT molecular complexity index is 176. The highest BCUT2D eigenvalue weighted by atomic mass is 32.2. The summed E-state index contributed by atoms with van der Waals surface area (Å²) in [5.41, 5.74) is 0. The topological polar surface area (TPSA) is 86.6 Å². The fraction of sp³-hybridized carbons (Fsp3) is 1.00. The van der Waals surface area contributed by atoms with Gasteiger partial charge in [-0.2, -0.15) is 8.42 Å². The number of rotatable bonds is 4. The van der Waals surface area contributed by atoms with E-state index in [1.54, 1.807) is 7.05 Å². The van der Waals surface area contributed by atoms with E-state index in [0.29, 0.717) is 0 Å². The Balaban J connectivity index is 3.69. The van der Waals surface area contributed by atoms with Crippen molar-refractivity contribution in [2.75, 3.05) is 19.3 Å². The van der Waals surface area contributed by atoms with Crippen LogP contribution in [0.5, 0.6) is 0 Å². The molecule has 5 nitrogen and oxygen atoms in total. The number of aliphatic hydroxyl groups excluding tert-OH is 1. The minimum atomic E-state index is -4.04. The molecule has 0 spiro atoms. The van der Waals surface area contributed by atoms with Crippen LogP contribution in [0.2, 0.25) is 0 Å². The van der Waals surface area contributed by atoms with Gasteiger partial charge in [0.05, 0.1) is 6.10 Å². The molecule has 1 unspecified atom stereocenters. The van der Waals surface area contributed by atoms with Crippen LogP contribution in [-0.4, -0.2) is 43.5 Å². The lowest BCUT2D eigenvalue weighted by Crippen LogP contribution is -2.30. The van der Waals surface area contributed by atoms with Crippen molar-refractivity contribution in [3.8, 4) is 0 Å². The third kappa shape index (κ3) is 5.96. The average molecular weight is 169 g/mol. The van der Waals surface area contributed by atoms with Gasteiger partial charge in [0, 0.05) is 6.54 Å². The van der Waals surface area contributed by atoms with Crippen molar-refractivity contribution < 1.29 is 18.1 Å². The third-order valence-corrected chi connectivity index (χ3v) is 1.65. The molecule has 0 rings (SSSR count). The molecule has 0 aromatic rings. The summed E-state index contributed by atoms with van der Waals surface area (Å²) in [6, 6.07) is 0. The van der Waals surface area contributed by atoms with Gasteiger partial charge in [0.25, 0.3) is 10.1 Å². The Morgan fingerprint density at radius 1 is 1.60 bits per heavy atom. The first kappa shape index (κ1) is 9.83. The molecule has 0 fully saturated rings. The molecule has 0 saturated heterocycles. The molecule has 6 heteroatoms. The van der Waals surface area contributed by atoms with Crippen molar-refractivity contribution in [3.05, 3.63) is 0 Å². The van der Waals surface area contributed by atoms with Gasteiger partial charge in [0.2, 0.25) is 0 Å². The fourth-order valence-electron chi connectivity index (χ4n) is 0.538. The number of aliphatic hydroxyl groups is 1. The van der Waals surface area contributed by atoms with Crippen LogP contribution < -0.4 is 5.32 Å². The Labute approximate surface area is 59.8 Å². The van der Waals surface area contributed by atoms with Gasteiger partial charge in [0.15, 0.2) is 0 Å². The van der Waals surface area contributed by atoms with Crippen LogP contribution in [0.15, 0.2) is 0 Å². The molecule has 10 heavy (non-hydrogen) atoms. The van der Waals surface area contributed by atoms with Gasteiger partial charge in [0.1, 0.15) is 5.75 Å². The Morgan fingerprint density at radius 3 is 2.40 bits per heavy atom. The van der Waals surface area contributed by atoms with Crippen LogP contribution in [0.1, 0.15) is 0 Å². The van der Waals surface area contributed by atoms with Crippen molar-refractivity contribution >= 4 is 10.1 Å². The van der Waals surface area contributed by atoms with E-state index in [1.807, 2.05) is 0 Å². The van der Waals surface area contributed by atoms with E-state index in [9.17, 15) is 8.42 Å². The first-order valence-electron chi connectivity index (χ1n) is 2.73. The summed E-state index contributed by atoms with van der Waals surface area (Å²) in [5.74, 6) is -0.617. The second-order valence-electron chi connectivity index (χ2n) is 1.96. The maximum atomic E-state index is 10.1. The molecule has 0 aliphatic heterocycles. The van der Waals surface area contributed by atoms with Crippen molar-refractivity contribution in [2.45, 2.75) is 6.10 Å². The Kier molecular flexibility index (Phi) is 3.80. The molecule has 62 valence electrons. The average Bonchev–Trinajstić information content (AvgIpc) is 1.59. The molecule has 0 aliphatic rings. The van der Waals surface area contributed by atoms with E-state index in [0.717, 1.165) is 0 Å². The van der Waals surface area contributed by atoms with Crippen LogP contribution in [0.4, 0.5) is 0 Å². The minimum Gasteiger partial charge on any atom is -0.391 e. The monoisotopic (exact) mass is 169 g/mol. The van der Waals surface area contributed by atoms with Crippen molar-refractivity contribution in [2.24, 2.45) is 0 Å². The van der Waals surface area contributed by atoms with Gasteiger partial charge >= 0.3 is 0 Å². The predicted octanol–water partition coefficient (Wildman–Crippen LogP) is -1.55. The van der Waals surface area contributed by atoms with E-state index in [1.165, 1.54) is 0 Å². The smallest absolute Gasteiger partial charge is 0.267 e. The van der Waals surface area contributed by atoms with Crippen molar-refractivity contribution in [1.82, 2.24) is 5.32 Å². The third-order valence-electron chi connectivity index (χ3n) is 0.843. The molecular formula is C4H11NO4S. The standard InChI is InChI=1S/C4H11NO4S/c1-5-2-4(6)3-10(7,8)9/h4-6H,2-3H2,1H3,(H,7,8,9). The summed E-state index contributed by atoms with van der Waals surface area (Å²) < 4.78 is 28.4. The largest absolute Gasteiger partial charge is 0.391 e. The summed E-state index contributed by atoms with van der Waals surface area (Å²) >= 11 is 0. The summed E-state index contributed by atoms with van der Waals surface area (Å²) in [6.45, 7) is 0.153. The second-order valence-corrected chi connectivity index (χ2v) is 3.46. The van der Waals surface area contributed by atoms with Gasteiger partial charge in [-0.3, -0.25) is 4.55 Å². The van der Waals surface area contributed by atoms with E-state index >= 15 is 0 Å². The highest BCUT2D eigenvalue weighted by molar-refractivity contribution is 7.85. The highest BCUT2D eigenvalue weighted by Crippen LogP contribution is 1.87. The molecule has 3 N–H and O–H groups in total. The molecule has 1 atom stereocenters. The fourth-order valence-corrected chi connectivity index (χ4v) is 1.14. The number of likely N-dealkylation sites (N-methyl/N-ethyl adjacent to an activating group) is 1. The van der Waals surface area contributed by atoms with E-state index in [-0.39, 0.29) is 6.54 Å². The number of nitrogens with one attached hydrogen (secondary N) is 1. The first-order chi connectivity index (χ1) is 4.45. The van der Waals surface area contributed by atoms with Crippen molar-refractivity contribution in [3.63, 3.8) is 0 Å². The minimum absolute atomic E-state index is 0.153. The maximum Gasteiger partial charge on any atom is 0.267 e. The Hall–Kier alpha value is -0.170. The molecule has 0 saturated carbocycles. The molecule has 0 radical (unpaired) electrons. The maximum absolute atomic E-state index is 10.1. The molecule has 0 aromatic heterocycles. The normalized spacial score (nSPS) is 15.1. The zero-order valence-corrected chi connectivity index (χ0v) is 6.43. The van der Waals surface area contributed by atoms with Gasteiger partial charge in [-0.05, 0) is 7.05 Å². The summed E-state index contributed by atoms with van der Waals surface area (Å²) in [6.07, 6.45) is -1.04. The quantitative estimate of drug-likeness (QED) is 0.444. The second kappa shape index (κ2) is 3.87. The zero-order chi connectivity index (χ0) is 8.20. The lowest BCUT2D eigenvalue weighted by molar-refractivity contribution is 0.194. The van der Waals surface area contributed by atoms with E-state index in [4.69, 9.17) is 9.66 Å². The molecule has 0 aliphatic carbocycles. The number of hydrogen-bond acceptors (Lipinski definition) is 4. The SMILES string of the molecule is CNCC(O)CS(=O)(=O)O. The molecular weight excluding hydrogens is 158 g/mol. The van der Waals surface area contributed by atoms with Crippen molar-refractivity contribution in [1.29, 1.82) is 0 Å². The first-order valence-corrected chi connectivity index (χ1v) is 4.34. The van der Waals surface area contributed by atoms with E-state index < -0.39 is 22.0 Å². The molecule has 0 amide bonds. The zero-order valence-electron chi connectivity index (χ0n) is 5.61. The lowest BCUT2D eigenvalue weighted by atomic mass is 10.4.